The lowest BCUT2D eigenvalue weighted by Gasteiger charge is -2.52. The van der Waals surface area contributed by atoms with Crippen LogP contribution in [0.4, 0.5) is 0 Å². The molecule has 0 saturated heterocycles. The van der Waals surface area contributed by atoms with Gasteiger partial charge in [0.15, 0.2) is 16.6 Å². The van der Waals surface area contributed by atoms with Gasteiger partial charge in [-0.05, 0) is 94.7 Å². The summed E-state index contributed by atoms with van der Waals surface area (Å²) in [4.78, 5) is 15.3. The molecule has 0 aromatic carbocycles. The Morgan fingerprint density at radius 1 is 0.592 bits per heavy atom. The zero-order chi connectivity index (χ0) is 38.6. The lowest BCUT2D eigenvalue weighted by atomic mass is 10.00. The van der Waals surface area contributed by atoms with Crippen molar-refractivity contribution in [1.29, 1.82) is 0 Å². The smallest absolute Gasteiger partial charge is 0.245 e. The summed E-state index contributed by atoms with van der Waals surface area (Å²) in [6, 6.07) is 2.67. The van der Waals surface area contributed by atoms with Gasteiger partial charge in [0.25, 0.3) is 0 Å². The van der Waals surface area contributed by atoms with Gasteiger partial charge in [-0.3, -0.25) is 4.79 Å². The molecule has 292 valence electrons. The number of rotatable bonds is 27. The summed E-state index contributed by atoms with van der Waals surface area (Å²) >= 11 is 0. The summed E-state index contributed by atoms with van der Waals surface area (Å²) in [7, 11) is -7.34. The van der Waals surface area contributed by atoms with Crippen LogP contribution in [0.5, 0.6) is 0 Å². The Balaban J connectivity index is 5.82. The van der Waals surface area contributed by atoms with Gasteiger partial charge in [0, 0.05) is 23.5 Å². The minimum atomic E-state index is -2.09. The van der Waals surface area contributed by atoms with Gasteiger partial charge >= 0.3 is 0 Å². The molecule has 0 aromatic rings. The second kappa shape index (κ2) is 19.9. The Bertz CT molecular complexity index is 933. The third-order valence-electron chi connectivity index (χ3n) is 14.8. The molecule has 4 atom stereocenters. The van der Waals surface area contributed by atoms with Crippen LogP contribution in [-0.4, -0.2) is 67.1 Å². The first kappa shape index (κ1) is 49.0. The fourth-order valence-corrected chi connectivity index (χ4v) is 23.6. The van der Waals surface area contributed by atoms with Crippen molar-refractivity contribution in [3.63, 3.8) is 0 Å². The van der Waals surface area contributed by atoms with E-state index < -0.39 is 32.8 Å². The van der Waals surface area contributed by atoms with Crippen LogP contribution < -0.4 is 0 Å². The van der Waals surface area contributed by atoms with Gasteiger partial charge in [-0.2, -0.15) is 0 Å². The molecule has 0 aromatic heterocycles. The first-order valence-corrected chi connectivity index (χ1v) is 32.9. The van der Waals surface area contributed by atoms with E-state index in [0.29, 0.717) is 0 Å². The molecule has 0 aliphatic carbocycles. The number of carbonyl (C=O) groups excluding carboxylic acids is 1. The van der Waals surface area contributed by atoms with Gasteiger partial charge in [-0.25, -0.2) is 0 Å². The molecule has 0 fully saturated rings. The minimum absolute atomic E-state index is 0.00604. The second-order valence-corrected chi connectivity index (χ2v) is 38.4. The molecule has 0 heterocycles. The van der Waals surface area contributed by atoms with Crippen molar-refractivity contribution in [2.75, 3.05) is 13.1 Å². The Hall–Kier alpha value is -0.00247. The number of unbranched alkanes of at least 4 members (excludes halogenated alkanes) is 2. The van der Waals surface area contributed by atoms with Crippen LogP contribution in [0.1, 0.15) is 146 Å². The normalized spacial score (nSPS) is 18.2. The molecule has 0 bridgehead atoms. The monoisotopic (exact) mass is 756 g/mol. The number of carbonyl (C=O) groups is 1. The van der Waals surface area contributed by atoms with Crippen LogP contribution in [-0.2, 0) is 13.6 Å². The van der Waals surface area contributed by atoms with Crippen molar-refractivity contribution in [2.24, 2.45) is 0 Å². The van der Waals surface area contributed by atoms with Crippen molar-refractivity contribution in [2.45, 2.75) is 231 Å². The molecular formula is C41H89NO3Si4. The van der Waals surface area contributed by atoms with E-state index in [9.17, 15) is 4.79 Å². The molecule has 0 radical (unpaired) electrons. The Kier molecular flexibility index (Phi) is 19.9. The van der Waals surface area contributed by atoms with Gasteiger partial charge in [0.05, 0.1) is 16.1 Å². The molecule has 0 N–H and O–H groups in total. The van der Waals surface area contributed by atoms with Gasteiger partial charge in [-0.1, -0.05) is 139 Å². The van der Waals surface area contributed by atoms with E-state index in [1.807, 2.05) is 0 Å². The first-order valence-electron chi connectivity index (χ1n) is 20.6. The number of hydrogen-bond acceptors (Lipinski definition) is 3. The van der Waals surface area contributed by atoms with E-state index in [-0.39, 0.29) is 26.4 Å². The average Bonchev–Trinajstić information content (AvgIpc) is 3.03. The SMILES string of the molecule is C=CC(=O)N(CCCC(C)(CC)[Si](C)(C)OC(C)(CC)[Si](C)(C)CCCC)CCCC(C)(CC)[Si](C)(C)OC(C)(CC)[Si](C)(C)CCCC. The van der Waals surface area contributed by atoms with E-state index >= 15 is 0 Å². The molecule has 49 heavy (non-hydrogen) atoms. The van der Waals surface area contributed by atoms with E-state index in [2.05, 4.69) is 133 Å². The molecule has 0 aliphatic heterocycles. The predicted octanol–water partition coefficient (Wildman–Crippen LogP) is 13.8. The maximum Gasteiger partial charge on any atom is 0.245 e. The maximum atomic E-state index is 13.2. The lowest BCUT2D eigenvalue weighted by molar-refractivity contribution is -0.126. The number of nitrogens with zero attached hydrogens (tertiary/aromatic N) is 1. The van der Waals surface area contributed by atoms with Crippen molar-refractivity contribution in [1.82, 2.24) is 4.90 Å². The largest absolute Gasteiger partial charge is 0.414 e. The van der Waals surface area contributed by atoms with Crippen LogP contribution in [0.3, 0.4) is 0 Å². The second-order valence-electron chi connectivity index (χ2n) is 18.9. The highest BCUT2D eigenvalue weighted by Crippen LogP contribution is 2.51. The van der Waals surface area contributed by atoms with Crippen molar-refractivity contribution >= 4 is 38.7 Å². The van der Waals surface area contributed by atoms with Crippen LogP contribution in [0.15, 0.2) is 12.7 Å². The summed E-state index contributed by atoms with van der Waals surface area (Å²) in [6.07, 6.45) is 15.2. The Morgan fingerprint density at radius 3 is 1.16 bits per heavy atom. The topological polar surface area (TPSA) is 38.8 Å². The predicted molar refractivity (Wildman–Crippen MR) is 231 cm³/mol. The van der Waals surface area contributed by atoms with Gasteiger partial charge in [0.1, 0.15) is 0 Å². The van der Waals surface area contributed by atoms with Gasteiger partial charge < -0.3 is 13.8 Å². The Labute approximate surface area is 313 Å². The fraction of sp³-hybridized carbons (Fsp3) is 0.927. The third-order valence-corrected chi connectivity index (χ3v) is 33.9. The zero-order valence-corrected chi connectivity index (χ0v) is 40.8. The van der Waals surface area contributed by atoms with Crippen molar-refractivity contribution in [3.05, 3.63) is 12.7 Å². The van der Waals surface area contributed by atoms with E-state index in [0.717, 1.165) is 64.5 Å². The van der Waals surface area contributed by atoms with Crippen LogP contribution in [0, 0.1) is 0 Å². The fourth-order valence-electron chi connectivity index (χ4n) is 8.11. The average molecular weight is 757 g/mol. The molecule has 4 nitrogen and oxygen atoms in total. The summed E-state index contributed by atoms with van der Waals surface area (Å²) < 4.78 is 14.9. The molecule has 1 amide bonds. The Morgan fingerprint density at radius 2 is 0.918 bits per heavy atom. The highest BCUT2D eigenvalue weighted by Gasteiger charge is 2.53. The van der Waals surface area contributed by atoms with Crippen molar-refractivity contribution in [3.8, 4) is 0 Å². The third kappa shape index (κ3) is 12.5. The lowest BCUT2D eigenvalue weighted by Crippen LogP contribution is -2.60. The summed E-state index contributed by atoms with van der Waals surface area (Å²) in [5.74, 6) is 0.0707. The molecule has 0 rings (SSSR count). The van der Waals surface area contributed by atoms with Gasteiger partial charge in [0.2, 0.25) is 5.91 Å². The molecule has 8 heteroatoms. The van der Waals surface area contributed by atoms with Crippen LogP contribution >= 0.6 is 0 Å². The standard InChI is InChI=1S/C41H89NO3Si4/c1-20-27-35-46(12,13)40(10,25-6)44-48(16,17)38(8,23-4)31-29-33-42(37(43)22-3)34-30-32-39(9,24-5)49(18,19)45-41(11,26-7)47(14,15)36-28-21-2/h22H,3,20-21,23-36H2,1-2,4-19H3. The van der Waals surface area contributed by atoms with Crippen molar-refractivity contribution < 1.29 is 13.6 Å². The number of amides is 1. The highest BCUT2D eigenvalue weighted by atomic mass is 28.4. The number of hydrogen-bond donors (Lipinski definition) is 0. The minimum Gasteiger partial charge on any atom is -0.414 e. The van der Waals surface area contributed by atoms with E-state index in [1.165, 1.54) is 43.8 Å². The first-order chi connectivity index (χ1) is 22.3. The van der Waals surface area contributed by atoms with E-state index in [1.54, 1.807) is 0 Å². The molecule has 0 saturated carbocycles. The van der Waals surface area contributed by atoms with Gasteiger partial charge in [-0.15, -0.1) is 0 Å². The molecular weight excluding hydrogens is 667 g/mol. The molecule has 0 aliphatic rings. The van der Waals surface area contributed by atoms with E-state index in [4.69, 9.17) is 8.85 Å². The molecule has 0 spiro atoms. The van der Waals surface area contributed by atoms with Crippen LogP contribution in [0.2, 0.25) is 74.5 Å². The highest BCUT2D eigenvalue weighted by molar-refractivity contribution is 6.83. The zero-order valence-electron chi connectivity index (χ0n) is 36.8. The summed E-state index contributed by atoms with van der Waals surface area (Å²) in [5.41, 5.74) is 0. The quantitative estimate of drug-likeness (QED) is 0.0619. The summed E-state index contributed by atoms with van der Waals surface area (Å²) in [5, 5.41) is 0.284. The van der Waals surface area contributed by atoms with Crippen LogP contribution in [0.25, 0.3) is 0 Å². The molecule has 4 unspecified atom stereocenters. The summed E-state index contributed by atoms with van der Waals surface area (Å²) in [6.45, 7) is 49.4. The maximum absolute atomic E-state index is 13.2.